The summed E-state index contributed by atoms with van der Waals surface area (Å²) in [6, 6.07) is 6.61. The predicted molar refractivity (Wildman–Crippen MR) is 75.9 cm³/mol. The standard InChI is InChI=1S/C14H18N4S/c1-11-16-17-14(19-11)10-18-9-5-3-7-13(18)12-6-2-4-8-15-12/h2,4,6,8,13H,3,5,7,9-10H2,1H3. The van der Waals surface area contributed by atoms with E-state index in [9.17, 15) is 0 Å². The number of hydrogen-bond acceptors (Lipinski definition) is 5. The van der Waals surface area contributed by atoms with Gasteiger partial charge in [0.1, 0.15) is 10.0 Å². The van der Waals surface area contributed by atoms with Crippen LogP contribution in [-0.2, 0) is 6.54 Å². The lowest BCUT2D eigenvalue weighted by Crippen LogP contribution is -2.33. The number of piperidine rings is 1. The second kappa shape index (κ2) is 5.75. The van der Waals surface area contributed by atoms with E-state index in [0.717, 1.165) is 23.1 Å². The van der Waals surface area contributed by atoms with Gasteiger partial charge in [0.05, 0.1) is 18.3 Å². The Morgan fingerprint density at radius 3 is 3.00 bits per heavy atom. The van der Waals surface area contributed by atoms with Gasteiger partial charge in [-0.1, -0.05) is 12.5 Å². The van der Waals surface area contributed by atoms with Gasteiger partial charge in [0, 0.05) is 6.20 Å². The summed E-state index contributed by atoms with van der Waals surface area (Å²) in [6.07, 6.45) is 5.63. The smallest absolute Gasteiger partial charge is 0.131 e. The minimum atomic E-state index is 0.430. The normalized spacial score (nSPS) is 20.6. The first-order chi connectivity index (χ1) is 9.33. The van der Waals surface area contributed by atoms with Crippen LogP contribution in [-0.4, -0.2) is 26.6 Å². The van der Waals surface area contributed by atoms with Crippen LogP contribution >= 0.6 is 11.3 Å². The van der Waals surface area contributed by atoms with Gasteiger partial charge in [-0.15, -0.1) is 21.5 Å². The van der Waals surface area contributed by atoms with Crippen molar-refractivity contribution in [2.45, 2.75) is 38.8 Å². The zero-order valence-electron chi connectivity index (χ0n) is 11.1. The fourth-order valence-electron chi connectivity index (χ4n) is 2.66. The molecule has 0 aliphatic carbocycles. The molecule has 1 aliphatic heterocycles. The molecule has 19 heavy (non-hydrogen) atoms. The van der Waals surface area contributed by atoms with Crippen molar-refractivity contribution >= 4 is 11.3 Å². The Hall–Kier alpha value is -1.33. The Morgan fingerprint density at radius 1 is 1.32 bits per heavy atom. The van der Waals surface area contributed by atoms with Gasteiger partial charge in [0.25, 0.3) is 0 Å². The molecule has 0 radical (unpaired) electrons. The summed E-state index contributed by atoms with van der Waals surface area (Å²) in [6.45, 7) is 4.03. The maximum atomic E-state index is 4.53. The summed E-state index contributed by atoms with van der Waals surface area (Å²) < 4.78 is 0. The van der Waals surface area contributed by atoms with Crippen molar-refractivity contribution in [3.8, 4) is 0 Å². The van der Waals surface area contributed by atoms with E-state index in [0.29, 0.717) is 6.04 Å². The Labute approximate surface area is 117 Å². The molecule has 0 N–H and O–H groups in total. The van der Waals surface area contributed by atoms with E-state index in [-0.39, 0.29) is 0 Å². The van der Waals surface area contributed by atoms with Gasteiger partial charge in [0.15, 0.2) is 0 Å². The Kier molecular flexibility index (Phi) is 3.84. The molecule has 2 aromatic heterocycles. The first-order valence-corrected chi connectivity index (χ1v) is 7.58. The van der Waals surface area contributed by atoms with Crippen LogP contribution in [0.15, 0.2) is 24.4 Å². The van der Waals surface area contributed by atoms with Gasteiger partial charge in [-0.2, -0.15) is 0 Å². The maximum absolute atomic E-state index is 4.53. The molecule has 3 rings (SSSR count). The van der Waals surface area contributed by atoms with E-state index >= 15 is 0 Å². The van der Waals surface area contributed by atoms with Crippen molar-refractivity contribution in [3.63, 3.8) is 0 Å². The van der Waals surface area contributed by atoms with E-state index < -0.39 is 0 Å². The van der Waals surface area contributed by atoms with Gasteiger partial charge in [-0.05, 0) is 38.4 Å². The van der Waals surface area contributed by atoms with Crippen molar-refractivity contribution in [2.24, 2.45) is 0 Å². The van der Waals surface area contributed by atoms with E-state index in [1.165, 1.54) is 25.0 Å². The average Bonchev–Trinajstić information content (AvgIpc) is 2.86. The summed E-state index contributed by atoms with van der Waals surface area (Å²) in [5.74, 6) is 0. The lowest BCUT2D eigenvalue weighted by atomic mass is 9.99. The van der Waals surface area contributed by atoms with E-state index in [4.69, 9.17) is 0 Å². The van der Waals surface area contributed by atoms with Crippen LogP contribution < -0.4 is 0 Å². The summed E-state index contributed by atoms with van der Waals surface area (Å²) in [5, 5.41) is 10.5. The van der Waals surface area contributed by atoms with Gasteiger partial charge in [-0.25, -0.2) is 0 Å². The highest BCUT2D eigenvalue weighted by molar-refractivity contribution is 7.11. The second-order valence-corrected chi connectivity index (χ2v) is 6.22. The quantitative estimate of drug-likeness (QED) is 0.863. The number of aryl methyl sites for hydroxylation is 1. The second-order valence-electron chi connectivity index (χ2n) is 4.95. The Morgan fingerprint density at radius 2 is 2.26 bits per heavy atom. The van der Waals surface area contributed by atoms with Crippen molar-refractivity contribution in [1.29, 1.82) is 0 Å². The maximum Gasteiger partial charge on any atom is 0.131 e. The van der Waals surface area contributed by atoms with E-state index in [1.807, 2.05) is 19.2 Å². The van der Waals surface area contributed by atoms with Crippen LogP contribution in [0.3, 0.4) is 0 Å². The molecule has 1 aliphatic rings. The van der Waals surface area contributed by atoms with Crippen LogP contribution in [0.4, 0.5) is 0 Å². The van der Waals surface area contributed by atoms with Gasteiger partial charge >= 0.3 is 0 Å². The van der Waals surface area contributed by atoms with Crippen molar-refractivity contribution < 1.29 is 0 Å². The average molecular weight is 274 g/mol. The molecule has 0 aromatic carbocycles. The van der Waals surface area contributed by atoms with Gasteiger partial charge in [0.2, 0.25) is 0 Å². The van der Waals surface area contributed by atoms with E-state index in [2.05, 4.69) is 32.2 Å². The van der Waals surface area contributed by atoms with Crippen LogP contribution in [0.25, 0.3) is 0 Å². The lowest BCUT2D eigenvalue weighted by Gasteiger charge is -2.34. The predicted octanol–water partition coefficient (Wildman–Crippen LogP) is 2.97. The Bertz CT molecular complexity index is 525. The monoisotopic (exact) mass is 274 g/mol. The molecule has 2 aromatic rings. The minimum Gasteiger partial charge on any atom is -0.288 e. The highest BCUT2D eigenvalue weighted by Gasteiger charge is 2.25. The van der Waals surface area contributed by atoms with Crippen molar-refractivity contribution in [1.82, 2.24) is 20.1 Å². The molecule has 5 heteroatoms. The molecule has 1 saturated heterocycles. The number of rotatable bonds is 3. The molecule has 0 bridgehead atoms. The first-order valence-electron chi connectivity index (χ1n) is 6.77. The van der Waals surface area contributed by atoms with Gasteiger partial charge in [-0.3, -0.25) is 9.88 Å². The molecule has 0 saturated carbocycles. The molecule has 1 atom stereocenters. The largest absolute Gasteiger partial charge is 0.288 e. The summed E-state index contributed by atoms with van der Waals surface area (Å²) >= 11 is 1.69. The highest BCUT2D eigenvalue weighted by Crippen LogP contribution is 2.31. The molecule has 1 unspecified atom stereocenters. The summed E-state index contributed by atoms with van der Waals surface area (Å²) in [4.78, 5) is 7.02. The third kappa shape index (κ3) is 2.98. The highest BCUT2D eigenvalue weighted by atomic mass is 32.1. The minimum absolute atomic E-state index is 0.430. The third-order valence-electron chi connectivity index (χ3n) is 3.55. The molecule has 4 nitrogen and oxygen atoms in total. The van der Waals surface area contributed by atoms with Crippen molar-refractivity contribution in [3.05, 3.63) is 40.1 Å². The molecule has 3 heterocycles. The SMILES string of the molecule is Cc1nnc(CN2CCCCC2c2ccccn2)s1. The van der Waals surface area contributed by atoms with Gasteiger partial charge < -0.3 is 0 Å². The molecule has 0 amide bonds. The van der Waals surface area contributed by atoms with Crippen LogP contribution in [0.5, 0.6) is 0 Å². The summed E-state index contributed by atoms with van der Waals surface area (Å²) in [5.41, 5.74) is 1.18. The zero-order chi connectivity index (χ0) is 13.1. The zero-order valence-corrected chi connectivity index (χ0v) is 11.9. The van der Waals surface area contributed by atoms with Crippen LogP contribution in [0.2, 0.25) is 0 Å². The Balaban J connectivity index is 1.77. The topological polar surface area (TPSA) is 41.9 Å². The molecule has 0 spiro atoms. The number of nitrogens with zero attached hydrogens (tertiary/aromatic N) is 4. The number of likely N-dealkylation sites (tertiary alicyclic amines) is 1. The lowest BCUT2D eigenvalue weighted by molar-refractivity contribution is 0.137. The molecule has 1 fully saturated rings. The fourth-order valence-corrected chi connectivity index (χ4v) is 3.40. The number of hydrogen-bond donors (Lipinski definition) is 0. The van der Waals surface area contributed by atoms with E-state index in [1.54, 1.807) is 11.3 Å². The fraction of sp³-hybridized carbons (Fsp3) is 0.500. The summed E-state index contributed by atoms with van der Waals surface area (Å²) in [7, 11) is 0. The number of pyridine rings is 1. The van der Waals surface area contributed by atoms with Crippen molar-refractivity contribution in [2.75, 3.05) is 6.54 Å². The molecule has 100 valence electrons. The van der Waals surface area contributed by atoms with Crippen LogP contribution in [0, 0.1) is 6.92 Å². The number of aromatic nitrogens is 3. The molecular formula is C14H18N4S. The third-order valence-corrected chi connectivity index (χ3v) is 4.37. The van der Waals surface area contributed by atoms with Crippen LogP contribution in [0.1, 0.15) is 41.0 Å². The first kappa shape index (κ1) is 12.7. The molecular weight excluding hydrogens is 256 g/mol.